The molecule has 3 aromatic rings. The number of anilines is 1. The molecule has 0 aromatic heterocycles. The van der Waals surface area contributed by atoms with Gasteiger partial charge in [-0.2, -0.15) is 0 Å². The maximum Gasteiger partial charge on any atom is 0.300 e. The Balaban J connectivity index is 1.88. The van der Waals surface area contributed by atoms with Gasteiger partial charge in [0.2, 0.25) is 0 Å². The zero-order valence-electron chi connectivity index (χ0n) is 20.5. The number of carbonyl (C=O) groups excluding carboxylic acids is 2. The highest BCUT2D eigenvalue weighted by Gasteiger charge is 2.47. The number of nitrogens with zero attached hydrogens (tertiary/aromatic N) is 1. The van der Waals surface area contributed by atoms with Crippen LogP contribution in [-0.2, 0) is 15.0 Å². The summed E-state index contributed by atoms with van der Waals surface area (Å²) in [6.07, 6.45) is 0. The van der Waals surface area contributed by atoms with Crippen molar-refractivity contribution < 1.29 is 24.2 Å². The molecule has 180 valence electrons. The van der Waals surface area contributed by atoms with Gasteiger partial charge in [0.15, 0.2) is 0 Å². The maximum atomic E-state index is 13.3. The first-order valence-corrected chi connectivity index (χ1v) is 11.4. The van der Waals surface area contributed by atoms with Crippen LogP contribution in [0.3, 0.4) is 0 Å². The van der Waals surface area contributed by atoms with E-state index < -0.39 is 17.7 Å². The van der Waals surface area contributed by atoms with Crippen LogP contribution in [-0.4, -0.2) is 31.0 Å². The minimum atomic E-state index is -0.802. The van der Waals surface area contributed by atoms with Crippen molar-refractivity contribution in [3.8, 4) is 11.5 Å². The third kappa shape index (κ3) is 4.52. The minimum Gasteiger partial charge on any atom is -0.507 e. The number of benzene rings is 3. The lowest BCUT2D eigenvalue weighted by Crippen LogP contribution is -2.29. The molecule has 0 radical (unpaired) electrons. The first-order chi connectivity index (χ1) is 16.7. The summed E-state index contributed by atoms with van der Waals surface area (Å²) in [5.74, 6) is -0.396. The molecular formula is C29H29NO5. The Labute approximate surface area is 205 Å². The SMILES string of the molecule is COc1ccc(/C(O)=C2\C(=O)C(=O)N(c3ccc(C(C)(C)C)cc3)C2c2ccc(OC)cc2)cc1. The van der Waals surface area contributed by atoms with E-state index in [0.29, 0.717) is 28.3 Å². The van der Waals surface area contributed by atoms with Crippen LogP contribution >= 0.6 is 0 Å². The summed E-state index contributed by atoms with van der Waals surface area (Å²) < 4.78 is 10.5. The molecule has 0 aliphatic carbocycles. The van der Waals surface area contributed by atoms with Gasteiger partial charge in [0.05, 0.1) is 25.8 Å². The first-order valence-electron chi connectivity index (χ1n) is 11.4. The van der Waals surface area contributed by atoms with Gasteiger partial charge in [-0.3, -0.25) is 14.5 Å². The van der Waals surface area contributed by atoms with Crippen molar-refractivity contribution >= 4 is 23.1 Å². The van der Waals surface area contributed by atoms with Crippen molar-refractivity contribution in [3.63, 3.8) is 0 Å². The summed E-state index contributed by atoms with van der Waals surface area (Å²) in [5, 5.41) is 11.2. The van der Waals surface area contributed by atoms with Gasteiger partial charge in [-0.05, 0) is 65.1 Å². The molecule has 1 atom stereocenters. The molecule has 1 N–H and O–H groups in total. The van der Waals surface area contributed by atoms with Crippen molar-refractivity contribution in [3.05, 3.63) is 95.1 Å². The zero-order chi connectivity index (χ0) is 25.3. The maximum absolute atomic E-state index is 13.3. The number of Topliss-reactive ketones (excluding diaryl/α,β-unsaturated/α-hetero) is 1. The normalized spacial score (nSPS) is 17.5. The van der Waals surface area contributed by atoms with Gasteiger partial charge in [0.1, 0.15) is 17.3 Å². The van der Waals surface area contributed by atoms with Crippen LogP contribution in [0.4, 0.5) is 5.69 Å². The number of methoxy groups -OCH3 is 2. The van der Waals surface area contributed by atoms with Gasteiger partial charge >= 0.3 is 0 Å². The predicted molar refractivity (Wildman–Crippen MR) is 136 cm³/mol. The number of rotatable bonds is 5. The van der Waals surface area contributed by atoms with E-state index in [4.69, 9.17) is 9.47 Å². The van der Waals surface area contributed by atoms with Gasteiger partial charge in [0, 0.05) is 11.3 Å². The Morgan fingerprint density at radius 2 is 1.31 bits per heavy atom. The molecule has 1 amide bonds. The van der Waals surface area contributed by atoms with Crippen molar-refractivity contribution in [1.82, 2.24) is 0 Å². The summed E-state index contributed by atoms with van der Waals surface area (Å²) >= 11 is 0. The smallest absolute Gasteiger partial charge is 0.300 e. The third-order valence-electron chi connectivity index (χ3n) is 6.25. The molecule has 6 heteroatoms. The van der Waals surface area contributed by atoms with E-state index >= 15 is 0 Å². The van der Waals surface area contributed by atoms with Crippen LogP contribution in [0.5, 0.6) is 11.5 Å². The molecule has 1 saturated heterocycles. The summed E-state index contributed by atoms with van der Waals surface area (Å²) in [7, 11) is 3.12. The summed E-state index contributed by atoms with van der Waals surface area (Å²) in [6.45, 7) is 6.33. The lowest BCUT2D eigenvalue weighted by molar-refractivity contribution is -0.132. The van der Waals surface area contributed by atoms with E-state index in [1.165, 1.54) is 4.90 Å². The molecule has 3 aromatic carbocycles. The van der Waals surface area contributed by atoms with E-state index in [-0.39, 0.29) is 16.7 Å². The number of hydrogen-bond acceptors (Lipinski definition) is 5. The minimum absolute atomic E-state index is 0.0326. The van der Waals surface area contributed by atoms with Gasteiger partial charge in [-0.1, -0.05) is 45.0 Å². The number of hydrogen-bond donors (Lipinski definition) is 1. The number of aliphatic hydroxyl groups excluding tert-OH is 1. The lowest BCUT2D eigenvalue weighted by atomic mass is 9.87. The summed E-state index contributed by atoms with van der Waals surface area (Å²) in [5.41, 5.74) is 2.76. The fourth-order valence-corrected chi connectivity index (χ4v) is 4.23. The molecule has 1 unspecified atom stereocenters. The molecule has 0 spiro atoms. The van der Waals surface area contributed by atoms with Gasteiger partial charge < -0.3 is 14.6 Å². The predicted octanol–water partition coefficient (Wildman–Crippen LogP) is 5.63. The first kappa shape index (κ1) is 24.1. The largest absolute Gasteiger partial charge is 0.507 e. The van der Waals surface area contributed by atoms with Crippen molar-refractivity contribution in [2.75, 3.05) is 19.1 Å². The average Bonchev–Trinajstić information content (AvgIpc) is 3.13. The molecule has 35 heavy (non-hydrogen) atoms. The number of aliphatic hydroxyl groups is 1. The fourth-order valence-electron chi connectivity index (χ4n) is 4.23. The highest BCUT2D eigenvalue weighted by Crippen LogP contribution is 2.43. The average molecular weight is 472 g/mol. The Morgan fingerprint density at radius 3 is 1.80 bits per heavy atom. The molecule has 4 rings (SSSR count). The van der Waals surface area contributed by atoms with E-state index in [0.717, 1.165) is 5.56 Å². The van der Waals surface area contributed by atoms with Crippen LogP contribution in [0, 0.1) is 0 Å². The highest BCUT2D eigenvalue weighted by molar-refractivity contribution is 6.51. The number of ketones is 1. The second-order valence-corrected chi connectivity index (χ2v) is 9.47. The Kier molecular flexibility index (Phi) is 6.39. The van der Waals surface area contributed by atoms with Crippen molar-refractivity contribution in [2.45, 2.75) is 32.2 Å². The van der Waals surface area contributed by atoms with Crippen LogP contribution in [0.1, 0.15) is 43.5 Å². The molecule has 0 saturated carbocycles. The molecule has 6 nitrogen and oxygen atoms in total. The Bertz CT molecular complexity index is 1270. The summed E-state index contributed by atoms with van der Waals surface area (Å²) in [6, 6.07) is 20.6. The Hall–Kier alpha value is -4.06. The molecular weight excluding hydrogens is 442 g/mol. The van der Waals surface area contributed by atoms with Gasteiger partial charge in [-0.15, -0.1) is 0 Å². The monoisotopic (exact) mass is 471 g/mol. The number of carbonyl (C=O) groups is 2. The molecule has 0 bridgehead atoms. The zero-order valence-corrected chi connectivity index (χ0v) is 20.5. The number of amides is 1. The highest BCUT2D eigenvalue weighted by atomic mass is 16.5. The molecule has 1 aliphatic heterocycles. The third-order valence-corrected chi connectivity index (χ3v) is 6.25. The van der Waals surface area contributed by atoms with Gasteiger partial charge in [0.25, 0.3) is 11.7 Å². The quantitative estimate of drug-likeness (QED) is 0.297. The van der Waals surface area contributed by atoms with E-state index in [1.807, 2.05) is 24.3 Å². The topological polar surface area (TPSA) is 76.1 Å². The lowest BCUT2D eigenvalue weighted by Gasteiger charge is -2.27. The summed E-state index contributed by atoms with van der Waals surface area (Å²) in [4.78, 5) is 28.1. The van der Waals surface area contributed by atoms with Crippen molar-refractivity contribution in [1.29, 1.82) is 0 Å². The van der Waals surface area contributed by atoms with E-state index in [2.05, 4.69) is 20.8 Å². The van der Waals surface area contributed by atoms with Crippen LogP contribution in [0.15, 0.2) is 78.4 Å². The number of ether oxygens (including phenoxy) is 2. The second-order valence-electron chi connectivity index (χ2n) is 9.47. The second kappa shape index (κ2) is 9.29. The van der Waals surface area contributed by atoms with Crippen LogP contribution in [0.25, 0.3) is 5.76 Å². The van der Waals surface area contributed by atoms with Crippen molar-refractivity contribution in [2.24, 2.45) is 0 Å². The van der Waals surface area contributed by atoms with E-state index in [1.54, 1.807) is 62.8 Å². The Morgan fingerprint density at radius 1 is 0.800 bits per heavy atom. The fraction of sp³-hybridized carbons (Fsp3) is 0.241. The molecule has 1 aliphatic rings. The molecule has 1 fully saturated rings. The van der Waals surface area contributed by atoms with E-state index in [9.17, 15) is 14.7 Å². The van der Waals surface area contributed by atoms with Crippen LogP contribution < -0.4 is 14.4 Å². The van der Waals surface area contributed by atoms with Crippen LogP contribution in [0.2, 0.25) is 0 Å². The van der Waals surface area contributed by atoms with Gasteiger partial charge in [-0.25, -0.2) is 0 Å². The molecule has 1 heterocycles. The standard InChI is InChI=1S/C29H29NO5/c1-29(2,3)20-10-12-21(13-11-20)30-25(18-6-14-22(34-4)15-7-18)24(27(32)28(30)33)26(31)19-8-16-23(35-5)17-9-19/h6-17,25,31H,1-5H3/b26-24+.